The van der Waals surface area contributed by atoms with E-state index >= 15 is 0 Å². The van der Waals surface area contributed by atoms with Gasteiger partial charge in [0.05, 0.1) is 6.10 Å². The molecule has 0 aromatic rings. The molecular weight excluding hydrogens is 160 g/mol. The molecule has 0 saturated heterocycles. The maximum absolute atomic E-state index is 9.65. The van der Waals surface area contributed by atoms with Gasteiger partial charge in [-0.15, -0.1) is 0 Å². The van der Waals surface area contributed by atoms with Crippen molar-refractivity contribution in [2.24, 2.45) is 17.3 Å². The van der Waals surface area contributed by atoms with Crippen LogP contribution in [0.1, 0.15) is 52.4 Å². The molecule has 2 aliphatic carbocycles. The highest BCUT2D eigenvalue weighted by atomic mass is 16.3. The standard InChI is InChI=1S/C12H22O/c1-9-4-3-5-10-8-11(13)6-7-12(9,10)2/h9-11,13H,3-8H2,1-2H3/t9-,10+,11+,12-/m1/s1. The zero-order valence-corrected chi connectivity index (χ0v) is 8.92. The number of rotatable bonds is 0. The van der Waals surface area contributed by atoms with Gasteiger partial charge in [-0.1, -0.05) is 26.7 Å². The van der Waals surface area contributed by atoms with Gasteiger partial charge in [-0.25, -0.2) is 0 Å². The summed E-state index contributed by atoms with van der Waals surface area (Å²) in [6.07, 6.45) is 7.51. The second-order valence-electron chi connectivity index (χ2n) is 5.46. The van der Waals surface area contributed by atoms with E-state index in [4.69, 9.17) is 0 Å². The lowest BCUT2D eigenvalue weighted by molar-refractivity contribution is -0.0403. The Labute approximate surface area is 81.5 Å². The lowest BCUT2D eigenvalue weighted by Gasteiger charge is -2.50. The third-order valence-corrected chi connectivity index (χ3v) is 4.82. The van der Waals surface area contributed by atoms with Crippen molar-refractivity contribution in [2.75, 3.05) is 0 Å². The van der Waals surface area contributed by atoms with Crippen LogP contribution in [0.4, 0.5) is 0 Å². The third-order valence-electron chi connectivity index (χ3n) is 4.82. The van der Waals surface area contributed by atoms with Crippen molar-refractivity contribution >= 4 is 0 Å². The molecule has 0 heterocycles. The van der Waals surface area contributed by atoms with Crippen LogP contribution in [0.25, 0.3) is 0 Å². The normalized spacial score (nSPS) is 51.5. The second kappa shape index (κ2) is 3.27. The summed E-state index contributed by atoms with van der Waals surface area (Å²) in [6.45, 7) is 4.86. The molecule has 0 radical (unpaired) electrons. The summed E-state index contributed by atoms with van der Waals surface area (Å²) < 4.78 is 0. The highest BCUT2D eigenvalue weighted by Gasteiger charge is 2.44. The van der Waals surface area contributed by atoms with E-state index in [2.05, 4.69) is 13.8 Å². The van der Waals surface area contributed by atoms with Crippen LogP contribution in [-0.2, 0) is 0 Å². The van der Waals surface area contributed by atoms with Crippen molar-refractivity contribution in [3.8, 4) is 0 Å². The smallest absolute Gasteiger partial charge is 0.0543 e. The highest BCUT2D eigenvalue weighted by molar-refractivity contribution is 4.95. The van der Waals surface area contributed by atoms with E-state index in [0.717, 1.165) is 24.7 Å². The molecule has 0 aromatic carbocycles. The largest absolute Gasteiger partial charge is 0.393 e. The first-order chi connectivity index (χ1) is 6.13. The van der Waals surface area contributed by atoms with Crippen LogP contribution in [0.3, 0.4) is 0 Å². The van der Waals surface area contributed by atoms with Crippen LogP contribution in [0, 0.1) is 17.3 Å². The monoisotopic (exact) mass is 182 g/mol. The topological polar surface area (TPSA) is 20.2 Å². The molecule has 13 heavy (non-hydrogen) atoms. The Bertz CT molecular complexity index is 190. The van der Waals surface area contributed by atoms with Crippen molar-refractivity contribution in [3.05, 3.63) is 0 Å². The Morgan fingerprint density at radius 2 is 2.00 bits per heavy atom. The third kappa shape index (κ3) is 1.52. The van der Waals surface area contributed by atoms with Gasteiger partial charge in [0.2, 0.25) is 0 Å². The van der Waals surface area contributed by atoms with Crippen LogP contribution in [0.5, 0.6) is 0 Å². The van der Waals surface area contributed by atoms with Gasteiger partial charge < -0.3 is 5.11 Å². The summed E-state index contributed by atoms with van der Waals surface area (Å²) in [6, 6.07) is 0. The molecule has 0 amide bonds. The molecule has 0 bridgehead atoms. The molecule has 0 aliphatic heterocycles. The minimum absolute atomic E-state index is 0.00312. The van der Waals surface area contributed by atoms with Gasteiger partial charge in [0.15, 0.2) is 0 Å². The summed E-state index contributed by atoms with van der Waals surface area (Å²) in [7, 11) is 0. The van der Waals surface area contributed by atoms with Gasteiger partial charge >= 0.3 is 0 Å². The molecule has 1 N–H and O–H groups in total. The number of hydrogen-bond acceptors (Lipinski definition) is 1. The lowest BCUT2D eigenvalue weighted by atomic mass is 9.55. The minimum Gasteiger partial charge on any atom is -0.393 e. The molecule has 1 nitrogen and oxygen atoms in total. The predicted molar refractivity (Wildman–Crippen MR) is 54.5 cm³/mol. The van der Waals surface area contributed by atoms with Crippen molar-refractivity contribution in [1.82, 2.24) is 0 Å². The molecule has 4 atom stereocenters. The number of fused-ring (bicyclic) bond motifs is 1. The number of aliphatic hydroxyl groups is 1. The quantitative estimate of drug-likeness (QED) is 0.610. The zero-order valence-electron chi connectivity index (χ0n) is 8.92. The van der Waals surface area contributed by atoms with E-state index in [1.54, 1.807) is 0 Å². The first-order valence-electron chi connectivity index (χ1n) is 5.81. The van der Waals surface area contributed by atoms with E-state index in [1.807, 2.05) is 0 Å². The fourth-order valence-electron chi connectivity index (χ4n) is 3.49. The average molecular weight is 182 g/mol. The second-order valence-corrected chi connectivity index (χ2v) is 5.46. The fourth-order valence-corrected chi connectivity index (χ4v) is 3.49. The maximum atomic E-state index is 9.65. The van der Waals surface area contributed by atoms with Crippen molar-refractivity contribution in [2.45, 2.75) is 58.5 Å². The summed E-state index contributed by atoms with van der Waals surface area (Å²) in [5, 5.41) is 9.65. The van der Waals surface area contributed by atoms with Gasteiger partial charge in [-0.3, -0.25) is 0 Å². The molecule has 1 heteroatoms. The molecule has 2 aliphatic rings. The van der Waals surface area contributed by atoms with Gasteiger partial charge in [-0.2, -0.15) is 0 Å². The van der Waals surface area contributed by atoms with Gasteiger partial charge in [-0.05, 0) is 42.9 Å². The Hall–Kier alpha value is -0.0400. The zero-order chi connectivity index (χ0) is 9.47. The Balaban J connectivity index is 2.13. The Morgan fingerprint density at radius 3 is 2.77 bits per heavy atom. The molecule has 76 valence electrons. The Kier molecular flexibility index (Phi) is 2.39. The first kappa shape index (κ1) is 9.51. The molecule has 0 aromatic heterocycles. The van der Waals surface area contributed by atoms with Crippen LogP contribution in [0.2, 0.25) is 0 Å². The van der Waals surface area contributed by atoms with Crippen molar-refractivity contribution < 1.29 is 5.11 Å². The SMILES string of the molecule is C[C@@H]1CCC[C@H]2C[C@@H](O)CC[C@@]21C. The summed E-state index contributed by atoms with van der Waals surface area (Å²) in [5.74, 6) is 1.68. The maximum Gasteiger partial charge on any atom is 0.0543 e. The van der Waals surface area contributed by atoms with E-state index < -0.39 is 0 Å². The summed E-state index contributed by atoms with van der Waals surface area (Å²) >= 11 is 0. The summed E-state index contributed by atoms with van der Waals surface area (Å²) in [4.78, 5) is 0. The number of aliphatic hydroxyl groups excluding tert-OH is 1. The molecule has 2 fully saturated rings. The number of hydrogen-bond donors (Lipinski definition) is 1. The fraction of sp³-hybridized carbons (Fsp3) is 1.00. The minimum atomic E-state index is 0.00312. The Morgan fingerprint density at radius 1 is 1.23 bits per heavy atom. The van der Waals surface area contributed by atoms with Crippen LogP contribution >= 0.6 is 0 Å². The van der Waals surface area contributed by atoms with Gasteiger partial charge in [0.25, 0.3) is 0 Å². The average Bonchev–Trinajstić information content (AvgIpc) is 2.09. The van der Waals surface area contributed by atoms with Crippen LogP contribution < -0.4 is 0 Å². The van der Waals surface area contributed by atoms with E-state index in [0.29, 0.717) is 5.41 Å². The molecule has 2 saturated carbocycles. The molecule has 0 unspecified atom stereocenters. The predicted octanol–water partition coefficient (Wildman–Crippen LogP) is 2.97. The van der Waals surface area contributed by atoms with Gasteiger partial charge in [0, 0.05) is 0 Å². The van der Waals surface area contributed by atoms with Crippen LogP contribution in [-0.4, -0.2) is 11.2 Å². The van der Waals surface area contributed by atoms with Crippen LogP contribution in [0.15, 0.2) is 0 Å². The molecule has 0 spiro atoms. The highest BCUT2D eigenvalue weighted by Crippen LogP contribution is 2.52. The summed E-state index contributed by atoms with van der Waals surface area (Å²) in [5.41, 5.74) is 0.553. The van der Waals surface area contributed by atoms with E-state index in [9.17, 15) is 5.11 Å². The van der Waals surface area contributed by atoms with E-state index in [-0.39, 0.29) is 6.10 Å². The van der Waals surface area contributed by atoms with E-state index in [1.165, 1.54) is 25.7 Å². The van der Waals surface area contributed by atoms with Crippen molar-refractivity contribution in [3.63, 3.8) is 0 Å². The van der Waals surface area contributed by atoms with Gasteiger partial charge in [0.1, 0.15) is 0 Å². The molecule has 2 rings (SSSR count). The first-order valence-corrected chi connectivity index (χ1v) is 5.81. The van der Waals surface area contributed by atoms with Crippen molar-refractivity contribution in [1.29, 1.82) is 0 Å². The lowest BCUT2D eigenvalue weighted by Crippen LogP contribution is -2.43. The molecular formula is C12H22O.